The Morgan fingerprint density at radius 3 is 2.43 bits per heavy atom. The first kappa shape index (κ1) is 30.0. The summed E-state index contributed by atoms with van der Waals surface area (Å²) < 4.78 is 6.05. The molecule has 5 nitrogen and oxygen atoms in total. The van der Waals surface area contributed by atoms with E-state index in [0.717, 1.165) is 49.5 Å². The third-order valence-electron chi connectivity index (χ3n) is 8.98. The van der Waals surface area contributed by atoms with Crippen molar-refractivity contribution in [2.75, 3.05) is 6.61 Å². The maximum atomic E-state index is 11.6. The molecule has 0 aromatic carbocycles. The van der Waals surface area contributed by atoms with Crippen LogP contribution in [0.4, 0.5) is 0 Å². The zero-order valence-corrected chi connectivity index (χ0v) is 23.2. The van der Waals surface area contributed by atoms with Crippen molar-refractivity contribution in [1.29, 1.82) is 0 Å². The lowest BCUT2D eigenvalue weighted by molar-refractivity contribution is -0.116. The Bertz CT molecular complexity index is 819. The van der Waals surface area contributed by atoms with Gasteiger partial charge in [0, 0.05) is 12.0 Å². The topological polar surface area (TPSA) is 90.3 Å². The minimum Gasteiger partial charge on any atom is -0.396 e. The summed E-state index contributed by atoms with van der Waals surface area (Å²) in [6.45, 7) is 14.3. The van der Waals surface area contributed by atoms with Gasteiger partial charge < -0.3 is 20.1 Å². The van der Waals surface area contributed by atoms with Crippen molar-refractivity contribution in [3.63, 3.8) is 0 Å². The molecule has 1 aliphatic carbocycles. The molecule has 5 heteroatoms. The molecule has 200 valence electrons. The predicted octanol–water partition coefficient (Wildman–Crippen LogP) is 5.82. The summed E-state index contributed by atoms with van der Waals surface area (Å²) in [4.78, 5) is 11.6. The smallest absolute Gasteiger partial charge is 0.145 e. The average molecular weight is 491 g/mol. The van der Waals surface area contributed by atoms with Gasteiger partial charge in [0.25, 0.3) is 0 Å². The van der Waals surface area contributed by atoms with Gasteiger partial charge in [-0.15, -0.1) is 0 Å². The van der Waals surface area contributed by atoms with Gasteiger partial charge in [0.15, 0.2) is 0 Å². The average Bonchev–Trinajstić information content (AvgIpc) is 3.47. The number of aliphatic hydroxyl groups is 3. The van der Waals surface area contributed by atoms with E-state index in [1.165, 1.54) is 11.1 Å². The van der Waals surface area contributed by atoms with Gasteiger partial charge in [-0.05, 0) is 111 Å². The van der Waals surface area contributed by atoms with Gasteiger partial charge in [-0.25, -0.2) is 0 Å². The fourth-order valence-corrected chi connectivity index (χ4v) is 5.96. The van der Waals surface area contributed by atoms with Crippen LogP contribution in [-0.4, -0.2) is 51.6 Å². The first-order chi connectivity index (χ1) is 16.3. The largest absolute Gasteiger partial charge is 0.396 e. The second-order valence-corrected chi connectivity index (χ2v) is 11.9. The van der Waals surface area contributed by atoms with Gasteiger partial charge in [0.1, 0.15) is 11.9 Å². The molecule has 0 amide bonds. The molecule has 0 spiro atoms. The fraction of sp³-hybridized carbons (Fsp3) is 0.767. The van der Waals surface area contributed by atoms with E-state index in [1.807, 2.05) is 20.8 Å². The number of ether oxygens (including phenoxy) is 1. The van der Waals surface area contributed by atoms with Crippen LogP contribution in [0.25, 0.3) is 0 Å². The number of hydrogen-bond acceptors (Lipinski definition) is 5. The van der Waals surface area contributed by atoms with Crippen molar-refractivity contribution in [2.24, 2.45) is 11.3 Å². The molecule has 0 unspecified atom stereocenters. The normalized spacial score (nSPS) is 35.4. The Morgan fingerprint density at radius 2 is 1.83 bits per heavy atom. The molecule has 2 fully saturated rings. The van der Waals surface area contributed by atoms with Gasteiger partial charge in [-0.1, -0.05) is 35.8 Å². The van der Waals surface area contributed by atoms with Crippen molar-refractivity contribution in [1.82, 2.24) is 0 Å². The lowest BCUT2D eigenvalue weighted by Gasteiger charge is -2.53. The highest BCUT2D eigenvalue weighted by atomic mass is 16.6. The van der Waals surface area contributed by atoms with Crippen molar-refractivity contribution in [2.45, 2.75) is 130 Å². The second kappa shape index (κ2) is 12.3. The number of aldehydes is 1. The molecule has 2 rings (SSSR count). The van der Waals surface area contributed by atoms with E-state index < -0.39 is 22.7 Å². The van der Waals surface area contributed by atoms with Gasteiger partial charge in [-0.3, -0.25) is 4.79 Å². The van der Waals surface area contributed by atoms with Crippen LogP contribution >= 0.6 is 0 Å². The second-order valence-electron chi connectivity index (χ2n) is 11.9. The molecule has 1 aliphatic heterocycles. The lowest BCUT2D eigenvalue weighted by Crippen LogP contribution is -2.53. The predicted molar refractivity (Wildman–Crippen MR) is 142 cm³/mol. The molecule has 0 aromatic rings. The number of allylic oxidation sites excluding steroid dienone is 5. The Kier molecular flexibility index (Phi) is 10.5. The number of carbonyl (C=O) groups is 1. The number of aliphatic hydroxyl groups excluding tert-OH is 2. The lowest BCUT2D eigenvalue weighted by atomic mass is 9.54. The van der Waals surface area contributed by atoms with Crippen LogP contribution in [0.5, 0.6) is 0 Å². The first-order valence-corrected chi connectivity index (χ1v) is 13.4. The summed E-state index contributed by atoms with van der Waals surface area (Å²) in [5.41, 5.74) is 2.59. The Hall–Kier alpha value is -1.27. The Morgan fingerprint density at radius 1 is 1.14 bits per heavy atom. The van der Waals surface area contributed by atoms with Crippen LogP contribution in [0.3, 0.4) is 0 Å². The standard InChI is InChI=1S/C30H50O5/c1-21(2)10-8-11-22(3)13-14-26(33)30(7)27(35-30)16-17-28(5)25(12-9-19-31)24(23(4)20-32)15-18-29(28,6)34/h10,13,20,25-27,31,33-34H,8-9,11-12,14-19H2,1-7H3/b22-13+,24-23-/t25-,26-,27+,28+,29+,30-/m1/s1. The molecule has 1 saturated carbocycles. The van der Waals surface area contributed by atoms with E-state index >= 15 is 0 Å². The molecule has 0 aromatic heterocycles. The molecule has 6 atom stereocenters. The van der Waals surface area contributed by atoms with E-state index in [2.05, 4.69) is 39.8 Å². The number of rotatable bonds is 13. The minimum absolute atomic E-state index is 0.0323. The van der Waals surface area contributed by atoms with Gasteiger partial charge in [0.2, 0.25) is 0 Å². The summed E-state index contributed by atoms with van der Waals surface area (Å²) in [5, 5.41) is 31.9. The molecule has 2 aliphatic rings. The summed E-state index contributed by atoms with van der Waals surface area (Å²) in [7, 11) is 0. The zero-order chi connectivity index (χ0) is 26.4. The van der Waals surface area contributed by atoms with E-state index in [1.54, 1.807) is 0 Å². The van der Waals surface area contributed by atoms with Gasteiger partial charge in [-0.2, -0.15) is 0 Å². The molecule has 35 heavy (non-hydrogen) atoms. The van der Waals surface area contributed by atoms with E-state index in [0.29, 0.717) is 25.7 Å². The summed E-state index contributed by atoms with van der Waals surface area (Å²) >= 11 is 0. The molecule has 0 bridgehead atoms. The highest BCUT2D eigenvalue weighted by Gasteiger charge is 2.59. The van der Waals surface area contributed by atoms with Crippen molar-refractivity contribution in [3.8, 4) is 0 Å². The van der Waals surface area contributed by atoms with Crippen molar-refractivity contribution in [3.05, 3.63) is 34.4 Å². The first-order valence-electron chi connectivity index (χ1n) is 13.4. The monoisotopic (exact) mass is 490 g/mol. The third-order valence-corrected chi connectivity index (χ3v) is 8.98. The third kappa shape index (κ3) is 7.15. The highest BCUT2D eigenvalue weighted by Crippen LogP contribution is 2.56. The van der Waals surface area contributed by atoms with Crippen LogP contribution < -0.4 is 0 Å². The number of hydrogen-bond donors (Lipinski definition) is 3. The molecule has 1 heterocycles. The maximum Gasteiger partial charge on any atom is 0.145 e. The van der Waals surface area contributed by atoms with Crippen LogP contribution in [0.1, 0.15) is 106 Å². The van der Waals surface area contributed by atoms with Crippen LogP contribution in [0.2, 0.25) is 0 Å². The minimum atomic E-state index is -0.880. The number of epoxide rings is 1. The molecule has 1 saturated heterocycles. The van der Waals surface area contributed by atoms with Crippen LogP contribution in [0, 0.1) is 11.3 Å². The maximum absolute atomic E-state index is 11.6. The highest BCUT2D eigenvalue weighted by molar-refractivity contribution is 5.74. The van der Waals surface area contributed by atoms with E-state index in [4.69, 9.17) is 4.74 Å². The Labute approximate surface area is 213 Å². The van der Waals surface area contributed by atoms with Crippen LogP contribution in [-0.2, 0) is 9.53 Å². The fourth-order valence-electron chi connectivity index (χ4n) is 5.96. The van der Waals surface area contributed by atoms with Crippen molar-refractivity contribution >= 4 is 6.29 Å². The van der Waals surface area contributed by atoms with E-state index in [-0.39, 0.29) is 18.6 Å². The molecular formula is C30H50O5. The van der Waals surface area contributed by atoms with E-state index in [9.17, 15) is 20.1 Å². The Balaban J connectivity index is 2.07. The van der Waals surface area contributed by atoms with Crippen molar-refractivity contribution < 1.29 is 24.9 Å². The summed E-state index contributed by atoms with van der Waals surface area (Å²) in [5.74, 6) is 0.0323. The molecule has 0 radical (unpaired) electrons. The van der Waals surface area contributed by atoms with Gasteiger partial charge in [0.05, 0.1) is 17.8 Å². The summed E-state index contributed by atoms with van der Waals surface area (Å²) in [6, 6.07) is 0. The quantitative estimate of drug-likeness (QED) is 0.131. The zero-order valence-electron chi connectivity index (χ0n) is 23.2. The number of carbonyl (C=O) groups excluding carboxylic acids is 1. The summed E-state index contributed by atoms with van der Waals surface area (Å²) in [6.07, 6.45) is 11.4. The van der Waals surface area contributed by atoms with Crippen LogP contribution in [0.15, 0.2) is 34.4 Å². The molecule has 3 N–H and O–H groups in total. The van der Waals surface area contributed by atoms with Gasteiger partial charge >= 0.3 is 0 Å². The SMILES string of the molecule is CC(C)=CCC/C(C)=C/C[C@@H](O)[C@@]1(C)O[C@H]1CC[C@@]1(C)[C@H](CCCO)/C(=C(/C)C=O)CC[C@]1(C)O. The molecular weight excluding hydrogens is 440 g/mol.